The van der Waals surface area contributed by atoms with Crippen LogP contribution in [0.1, 0.15) is 68.2 Å². The molecule has 0 atom stereocenters. The summed E-state index contributed by atoms with van der Waals surface area (Å²) in [5.41, 5.74) is 0. The highest BCUT2D eigenvalue weighted by molar-refractivity contribution is 5.12. The van der Waals surface area contributed by atoms with Gasteiger partial charge in [0.1, 0.15) is 0 Å². The van der Waals surface area contributed by atoms with Gasteiger partial charge in [0.2, 0.25) is 0 Å². The van der Waals surface area contributed by atoms with E-state index >= 15 is 0 Å². The van der Waals surface area contributed by atoms with E-state index in [0.717, 1.165) is 12.8 Å². The van der Waals surface area contributed by atoms with Gasteiger partial charge in [0.15, 0.2) is 0 Å². The molecule has 0 spiro atoms. The van der Waals surface area contributed by atoms with Gasteiger partial charge in [0.25, 0.3) is 0 Å². The second kappa shape index (κ2) is 44.5. The molecule has 2 aliphatic rings. The topological polar surface area (TPSA) is 0 Å². The van der Waals surface area contributed by atoms with Crippen molar-refractivity contribution in [2.75, 3.05) is 0 Å². The van der Waals surface area contributed by atoms with E-state index in [0.29, 0.717) is 0 Å². The van der Waals surface area contributed by atoms with E-state index in [1.165, 1.54) is 0 Å². The van der Waals surface area contributed by atoms with Crippen LogP contribution < -0.4 is 0 Å². The van der Waals surface area contributed by atoms with E-state index in [1.54, 1.807) is 0 Å². The normalized spacial score (nSPS) is 11.1. The lowest BCUT2D eigenvalue weighted by Gasteiger charge is -1.57. The van der Waals surface area contributed by atoms with E-state index in [1.807, 2.05) is 55.4 Å². The molecule has 2 aliphatic carbocycles. The van der Waals surface area contributed by atoms with Gasteiger partial charge < -0.3 is 0 Å². The molecule has 0 heteroatoms. The summed E-state index contributed by atoms with van der Waals surface area (Å²) in [5, 5.41) is 0. The fraction of sp³-hybridized carbons (Fsp3) is 0.556. The molecule has 0 saturated carbocycles. The van der Waals surface area contributed by atoms with E-state index in [4.69, 9.17) is 0 Å². The molecule has 0 aromatic heterocycles. The van der Waals surface area contributed by atoms with Crippen molar-refractivity contribution in [2.45, 2.75) is 68.2 Å². The molecule has 0 nitrogen and oxygen atoms in total. The van der Waals surface area contributed by atoms with Crippen LogP contribution in [0.3, 0.4) is 0 Å². The molecule has 108 valence electrons. The van der Waals surface area contributed by atoms with E-state index in [9.17, 15) is 0 Å². The summed E-state index contributed by atoms with van der Waals surface area (Å²) < 4.78 is 0. The summed E-state index contributed by atoms with van der Waals surface area (Å²) in [5.74, 6) is 0. The number of hydrogen-bond donors (Lipinski definition) is 0. The summed E-state index contributed by atoms with van der Waals surface area (Å²) >= 11 is 0. The van der Waals surface area contributed by atoms with Crippen LogP contribution in [0.25, 0.3) is 0 Å². The third kappa shape index (κ3) is 36.3. The van der Waals surface area contributed by atoms with Crippen molar-refractivity contribution in [3.8, 4) is 0 Å². The Morgan fingerprint density at radius 1 is 0.389 bits per heavy atom. The summed E-state index contributed by atoms with van der Waals surface area (Å²) in [6.07, 6.45) is 19.0. The van der Waals surface area contributed by atoms with Crippen LogP contribution in [0.15, 0.2) is 48.6 Å². The molecule has 0 saturated heterocycles. The summed E-state index contributed by atoms with van der Waals surface area (Å²) in [7, 11) is 0. The molecule has 0 aromatic carbocycles. The monoisotopic (exact) mass is 252 g/mol. The molecule has 0 bridgehead atoms. The fourth-order valence-corrected chi connectivity index (χ4v) is 0.786. The Kier molecular flexibility index (Phi) is 63.6. The highest BCUT2D eigenvalue weighted by Crippen LogP contribution is 1.93. The van der Waals surface area contributed by atoms with Crippen molar-refractivity contribution < 1.29 is 0 Å². The second-order valence-corrected chi connectivity index (χ2v) is 2.18. The van der Waals surface area contributed by atoms with Crippen molar-refractivity contribution in [1.29, 1.82) is 0 Å². The average Bonchev–Trinajstić information content (AvgIpc) is 3.25. The van der Waals surface area contributed by atoms with Gasteiger partial charge in [-0.3, -0.25) is 0 Å². The van der Waals surface area contributed by atoms with Crippen LogP contribution in [0.5, 0.6) is 0 Å². The zero-order chi connectivity index (χ0) is 15.1. The molecular formula is C18H36. The van der Waals surface area contributed by atoms with Gasteiger partial charge in [0.05, 0.1) is 0 Å². The first kappa shape index (κ1) is 25.7. The van der Waals surface area contributed by atoms with Crippen LogP contribution in [0.4, 0.5) is 0 Å². The van der Waals surface area contributed by atoms with E-state index < -0.39 is 0 Å². The van der Waals surface area contributed by atoms with Crippen molar-refractivity contribution in [1.82, 2.24) is 0 Å². The predicted molar refractivity (Wildman–Crippen MR) is 91.2 cm³/mol. The summed E-state index contributed by atoms with van der Waals surface area (Å²) in [6.45, 7) is 16.0. The molecule has 18 heavy (non-hydrogen) atoms. The van der Waals surface area contributed by atoms with Gasteiger partial charge in [-0.15, -0.1) is 0 Å². The molecule has 0 amide bonds. The molecule has 0 heterocycles. The molecule has 2 rings (SSSR count). The van der Waals surface area contributed by atoms with Crippen molar-refractivity contribution in [2.24, 2.45) is 0 Å². The van der Waals surface area contributed by atoms with Gasteiger partial charge in [-0.2, -0.15) is 0 Å². The molecule has 0 fully saturated rings. The van der Waals surface area contributed by atoms with Crippen molar-refractivity contribution >= 4 is 0 Å². The lowest BCUT2D eigenvalue weighted by Crippen LogP contribution is -1.37. The standard InChI is InChI=1S/2C5H6.4C2H6/c2*1-2-4-5-3-1;4*1-2/h2*1-4H,5H2;4*1-2H3. The zero-order valence-electron chi connectivity index (χ0n) is 14.0. The minimum Gasteiger partial charge on any atom is -0.0808 e. The average molecular weight is 252 g/mol. The Morgan fingerprint density at radius 3 is 0.611 bits per heavy atom. The van der Waals surface area contributed by atoms with Crippen LogP contribution in [-0.2, 0) is 0 Å². The summed E-state index contributed by atoms with van der Waals surface area (Å²) in [6, 6.07) is 0. The first-order valence-corrected chi connectivity index (χ1v) is 7.63. The summed E-state index contributed by atoms with van der Waals surface area (Å²) in [4.78, 5) is 0. The number of rotatable bonds is 0. The van der Waals surface area contributed by atoms with Gasteiger partial charge in [0, 0.05) is 0 Å². The third-order valence-corrected chi connectivity index (χ3v) is 1.31. The van der Waals surface area contributed by atoms with E-state index in [-0.39, 0.29) is 0 Å². The lowest BCUT2D eigenvalue weighted by molar-refractivity contribution is 1.45. The maximum absolute atomic E-state index is 2.12. The van der Waals surface area contributed by atoms with Crippen LogP contribution in [-0.4, -0.2) is 0 Å². The molecular weight excluding hydrogens is 216 g/mol. The Labute approximate surface area is 117 Å². The second-order valence-electron chi connectivity index (χ2n) is 2.18. The molecule has 0 aromatic rings. The minimum atomic E-state index is 1.14. The van der Waals surface area contributed by atoms with Crippen LogP contribution in [0.2, 0.25) is 0 Å². The first-order valence-electron chi connectivity index (χ1n) is 7.63. The lowest BCUT2D eigenvalue weighted by atomic mass is 10.5. The SMILES string of the molecule is C1=CCC=C1.C1=CCC=C1.CC.CC.CC.CC. The largest absolute Gasteiger partial charge is 0.0808 e. The molecule has 0 radical (unpaired) electrons. The minimum absolute atomic E-state index is 1.14. The fourth-order valence-electron chi connectivity index (χ4n) is 0.786. The predicted octanol–water partition coefficient (Wildman–Crippen LogP) is 7.11. The highest BCUT2D eigenvalue weighted by Gasteiger charge is 1.72. The first-order chi connectivity index (χ1) is 9.00. The number of allylic oxidation sites excluding steroid dienone is 8. The smallest absolute Gasteiger partial charge is 0.0163 e. The van der Waals surface area contributed by atoms with Crippen LogP contribution in [0, 0.1) is 0 Å². The maximum atomic E-state index is 2.12. The molecule has 0 aliphatic heterocycles. The Hall–Kier alpha value is -1.04. The van der Waals surface area contributed by atoms with Crippen molar-refractivity contribution in [3.05, 3.63) is 48.6 Å². The van der Waals surface area contributed by atoms with Gasteiger partial charge in [-0.1, -0.05) is 104 Å². The Balaban J connectivity index is -0.0000000713. The number of hydrogen-bond acceptors (Lipinski definition) is 0. The third-order valence-electron chi connectivity index (χ3n) is 1.31. The van der Waals surface area contributed by atoms with Gasteiger partial charge in [-0.05, 0) is 12.8 Å². The van der Waals surface area contributed by atoms with Crippen molar-refractivity contribution in [3.63, 3.8) is 0 Å². The highest BCUT2D eigenvalue weighted by atomic mass is 13.8. The van der Waals surface area contributed by atoms with Gasteiger partial charge in [-0.25, -0.2) is 0 Å². The van der Waals surface area contributed by atoms with Crippen LogP contribution >= 0.6 is 0 Å². The Bertz CT molecular complexity index is 138. The molecule has 0 unspecified atom stereocenters. The van der Waals surface area contributed by atoms with E-state index in [2.05, 4.69) is 48.6 Å². The molecule has 0 N–H and O–H groups in total. The van der Waals surface area contributed by atoms with Gasteiger partial charge >= 0.3 is 0 Å². The maximum Gasteiger partial charge on any atom is -0.0163 e. The quantitative estimate of drug-likeness (QED) is 0.431. The zero-order valence-corrected chi connectivity index (χ0v) is 14.0. The Morgan fingerprint density at radius 2 is 0.556 bits per heavy atom.